The number of hydrogen-bond acceptors (Lipinski definition) is 5. The first kappa shape index (κ1) is 15.5. The Morgan fingerprint density at radius 3 is 2.70 bits per heavy atom. The first-order valence-electron chi connectivity index (χ1n) is 6.45. The maximum absolute atomic E-state index is 12.3. The molecular weight excluding hydrogens is 296 g/mol. The van der Waals surface area contributed by atoms with Gasteiger partial charge in [0, 0.05) is 11.3 Å². The molecule has 0 spiro atoms. The van der Waals surface area contributed by atoms with E-state index in [2.05, 4.69) is 11.0 Å². The van der Waals surface area contributed by atoms with Gasteiger partial charge in [-0.05, 0) is 43.7 Å². The molecule has 1 aliphatic rings. The van der Waals surface area contributed by atoms with E-state index in [1.54, 1.807) is 17.8 Å². The number of benzene rings is 1. The lowest BCUT2D eigenvalue weighted by atomic mass is 10.3. The van der Waals surface area contributed by atoms with Gasteiger partial charge in [-0.3, -0.25) is 0 Å². The van der Waals surface area contributed by atoms with Crippen molar-refractivity contribution in [1.29, 1.82) is 0 Å². The second-order valence-electron chi connectivity index (χ2n) is 4.89. The summed E-state index contributed by atoms with van der Waals surface area (Å²) in [5.41, 5.74) is 6.08. The molecule has 1 aromatic rings. The summed E-state index contributed by atoms with van der Waals surface area (Å²) >= 11 is 1.79. The van der Waals surface area contributed by atoms with Gasteiger partial charge in [0.1, 0.15) is 5.75 Å². The summed E-state index contributed by atoms with van der Waals surface area (Å²) in [4.78, 5) is 0.184. The largest absolute Gasteiger partial charge is 0.495 e. The summed E-state index contributed by atoms with van der Waals surface area (Å²) in [7, 11) is -2.02. The van der Waals surface area contributed by atoms with E-state index in [9.17, 15) is 8.42 Å². The van der Waals surface area contributed by atoms with E-state index >= 15 is 0 Å². The van der Waals surface area contributed by atoms with Crippen molar-refractivity contribution >= 4 is 27.5 Å². The number of nitrogen functional groups attached to an aromatic ring is 1. The normalized spacial score (nSPS) is 22.9. The zero-order chi connectivity index (χ0) is 14.8. The minimum absolute atomic E-state index is 0.0146. The molecule has 2 rings (SSSR count). The van der Waals surface area contributed by atoms with Gasteiger partial charge < -0.3 is 10.5 Å². The molecule has 0 radical (unpaired) electrons. The molecule has 0 aromatic heterocycles. The van der Waals surface area contributed by atoms with Gasteiger partial charge in [-0.15, -0.1) is 0 Å². The third-order valence-corrected chi connectivity index (χ3v) is 6.16. The first-order chi connectivity index (χ1) is 9.46. The van der Waals surface area contributed by atoms with Gasteiger partial charge in [0.2, 0.25) is 10.0 Å². The molecule has 2 unspecified atom stereocenters. The van der Waals surface area contributed by atoms with E-state index in [4.69, 9.17) is 10.5 Å². The Hall–Kier alpha value is -0.920. The number of ether oxygens (including phenoxy) is 1. The van der Waals surface area contributed by atoms with Gasteiger partial charge in [-0.1, -0.05) is 0 Å². The van der Waals surface area contributed by atoms with Gasteiger partial charge in [0.15, 0.2) is 0 Å². The molecule has 3 N–H and O–H groups in total. The molecule has 0 bridgehead atoms. The van der Waals surface area contributed by atoms with Crippen molar-refractivity contribution in [2.75, 3.05) is 19.1 Å². The topological polar surface area (TPSA) is 81.4 Å². The van der Waals surface area contributed by atoms with Crippen LogP contribution in [0, 0.1) is 0 Å². The number of thioether (sulfide) groups is 1. The van der Waals surface area contributed by atoms with Crippen LogP contribution in [0.1, 0.15) is 19.3 Å². The van der Waals surface area contributed by atoms with E-state index < -0.39 is 10.0 Å². The predicted molar refractivity (Wildman–Crippen MR) is 82.7 cm³/mol. The molecule has 1 aliphatic carbocycles. The van der Waals surface area contributed by atoms with Crippen LogP contribution in [-0.2, 0) is 10.0 Å². The summed E-state index contributed by atoms with van der Waals surface area (Å²) in [6.07, 6.45) is 4.88. The van der Waals surface area contributed by atoms with Crippen LogP contribution in [-0.4, -0.2) is 33.1 Å². The van der Waals surface area contributed by atoms with Crippen LogP contribution in [0.5, 0.6) is 5.75 Å². The minimum Gasteiger partial charge on any atom is -0.495 e. The fourth-order valence-corrected chi connectivity index (χ4v) is 4.54. The SMILES string of the molecule is COc1ccc(S(=O)(=O)NC2CCC(SC)C2)cc1N. The van der Waals surface area contributed by atoms with Crippen LogP contribution in [0.3, 0.4) is 0 Å². The molecule has 1 saturated carbocycles. The molecule has 0 aliphatic heterocycles. The molecule has 112 valence electrons. The zero-order valence-electron chi connectivity index (χ0n) is 11.6. The van der Waals surface area contributed by atoms with Crippen molar-refractivity contribution in [3.63, 3.8) is 0 Å². The summed E-state index contributed by atoms with van der Waals surface area (Å²) in [5.74, 6) is 0.479. The molecule has 0 amide bonds. The highest BCUT2D eigenvalue weighted by Crippen LogP contribution is 2.30. The molecule has 1 fully saturated rings. The number of anilines is 1. The summed E-state index contributed by atoms with van der Waals surface area (Å²) in [5, 5.41) is 0.545. The van der Waals surface area contributed by atoms with Crippen molar-refractivity contribution in [1.82, 2.24) is 4.72 Å². The fourth-order valence-electron chi connectivity index (χ4n) is 2.43. The molecule has 2 atom stereocenters. The Balaban J connectivity index is 2.12. The molecule has 0 heterocycles. The summed E-state index contributed by atoms with van der Waals surface area (Å²) < 4.78 is 32.4. The van der Waals surface area contributed by atoms with Crippen molar-refractivity contribution in [3.8, 4) is 5.75 Å². The van der Waals surface area contributed by atoms with E-state index in [1.807, 2.05) is 0 Å². The van der Waals surface area contributed by atoms with E-state index in [0.29, 0.717) is 16.7 Å². The third kappa shape index (κ3) is 3.39. The number of hydrogen-bond donors (Lipinski definition) is 2. The number of nitrogens with one attached hydrogen (secondary N) is 1. The Labute approximate surface area is 124 Å². The van der Waals surface area contributed by atoms with Crippen molar-refractivity contribution in [2.24, 2.45) is 0 Å². The predicted octanol–water partition coefficient (Wildman–Crippen LogP) is 1.84. The highest BCUT2D eigenvalue weighted by Gasteiger charge is 2.28. The molecular formula is C13H20N2O3S2. The van der Waals surface area contributed by atoms with Crippen LogP contribution in [0.25, 0.3) is 0 Å². The lowest BCUT2D eigenvalue weighted by Gasteiger charge is -2.14. The number of nitrogens with two attached hydrogens (primary N) is 1. The van der Waals surface area contributed by atoms with Crippen LogP contribution in [0.4, 0.5) is 5.69 Å². The second-order valence-corrected chi connectivity index (χ2v) is 7.74. The second kappa shape index (κ2) is 6.24. The number of rotatable bonds is 5. The molecule has 5 nitrogen and oxygen atoms in total. The third-order valence-electron chi connectivity index (χ3n) is 3.55. The average molecular weight is 316 g/mol. The van der Waals surface area contributed by atoms with Gasteiger partial charge in [0.25, 0.3) is 0 Å². The van der Waals surface area contributed by atoms with Crippen LogP contribution < -0.4 is 15.2 Å². The quantitative estimate of drug-likeness (QED) is 0.810. The monoisotopic (exact) mass is 316 g/mol. The highest BCUT2D eigenvalue weighted by atomic mass is 32.2. The van der Waals surface area contributed by atoms with E-state index in [0.717, 1.165) is 19.3 Å². The van der Waals surface area contributed by atoms with Crippen LogP contribution in [0.15, 0.2) is 23.1 Å². The Bertz CT molecular complexity index is 575. The zero-order valence-corrected chi connectivity index (χ0v) is 13.3. The maximum atomic E-state index is 12.3. The number of methoxy groups -OCH3 is 1. The number of sulfonamides is 1. The maximum Gasteiger partial charge on any atom is 0.240 e. The van der Waals surface area contributed by atoms with Crippen LogP contribution in [0.2, 0.25) is 0 Å². The van der Waals surface area contributed by atoms with Gasteiger partial charge in [-0.2, -0.15) is 11.8 Å². The van der Waals surface area contributed by atoms with E-state index in [1.165, 1.54) is 19.2 Å². The Morgan fingerprint density at radius 1 is 1.40 bits per heavy atom. The lowest BCUT2D eigenvalue weighted by molar-refractivity contribution is 0.416. The molecule has 1 aromatic carbocycles. The van der Waals surface area contributed by atoms with Crippen molar-refractivity contribution in [2.45, 2.75) is 35.4 Å². The van der Waals surface area contributed by atoms with Gasteiger partial charge >= 0.3 is 0 Å². The average Bonchev–Trinajstić information content (AvgIpc) is 2.85. The van der Waals surface area contributed by atoms with E-state index in [-0.39, 0.29) is 10.9 Å². The highest BCUT2D eigenvalue weighted by molar-refractivity contribution is 7.99. The molecule has 7 heteroatoms. The lowest BCUT2D eigenvalue weighted by Crippen LogP contribution is -2.33. The molecule has 20 heavy (non-hydrogen) atoms. The first-order valence-corrected chi connectivity index (χ1v) is 9.22. The van der Waals surface area contributed by atoms with Gasteiger partial charge in [0.05, 0.1) is 17.7 Å². The standard InChI is InChI=1S/C13H20N2O3S2/c1-18-13-6-5-11(8-12(13)14)20(16,17)15-9-3-4-10(7-9)19-2/h5-6,8-10,15H,3-4,7,14H2,1-2H3. The van der Waals surface area contributed by atoms with Gasteiger partial charge in [-0.25, -0.2) is 13.1 Å². The smallest absolute Gasteiger partial charge is 0.240 e. The minimum atomic E-state index is -3.52. The fraction of sp³-hybridized carbons (Fsp3) is 0.538. The Morgan fingerprint density at radius 2 is 2.15 bits per heavy atom. The summed E-state index contributed by atoms with van der Waals surface area (Å²) in [6.45, 7) is 0. The van der Waals surface area contributed by atoms with Crippen molar-refractivity contribution < 1.29 is 13.2 Å². The molecule has 0 saturated heterocycles. The van der Waals surface area contributed by atoms with Crippen molar-refractivity contribution in [3.05, 3.63) is 18.2 Å². The Kier molecular flexibility index (Phi) is 4.82. The van der Waals surface area contributed by atoms with Crippen LogP contribution >= 0.6 is 11.8 Å². The summed E-state index contributed by atoms with van der Waals surface area (Å²) in [6, 6.07) is 4.53.